The summed E-state index contributed by atoms with van der Waals surface area (Å²) in [5.41, 5.74) is 5.93. The molecule has 0 aliphatic carbocycles. The van der Waals surface area contributed by atoms with Gasteiger partial charge in [-0.3, -0.25) is 0 Å². The van der Waals surface area contributed by atoms with Gasteiger partial charge in [0, 0.05) is 32.2 Å². The van der Waals surface area contributed by atoms with Crippen LogP contribution in [0.25, 0.3) is 0 Å². The Bertz CT molecular complexity index is 153. The van der Waals surface area contributed by atoms with E-state index in [9.17, 15) is 0 Å². The number of rotatable bonds is 6. The topological polar surface area (TPSA) is 32.5 Å². The smallest absolute Gasteiger partial charge is 0.0110 e. The van der Waals surface area contributed by atoms with Gasteiger partial charge in [-0.05, 0) is 32.4 Å². The summed E-state index contributed by atoms with van der Waals surface area (Å²) in [7, 11) is 0. The fourth-order valence-corrected chi connectivity index (χ4v) is 2.11. The molecule has 0 aromatic carbocycles. The van der Waals surface area contributed by atoms with Crippen LogP contribution in [0.1, 0.15) is 33.1 Å². The largest absolute Gasteiger partial charge is 0.328 e. The maximum Gasteiger partial charge on any atom is 0.0110 e. The summed E-state index contributed by atoms with van der Waals surface area (Å²) < 4.78 is 0. The summed E-state index contributed by atoms with van der Waals surface area (Å²) >= 11 is 0. The van der Waals surface area contributed by atoms with E-state index in [-0.39, 0.29) is 0 Å². The van der Waals surface area contributed by atoms with Gasteiger partial charge in [-0.1, -0.05) is 13.8 Å². The van der Waals surface area contributed by atoms with E-state index in [1.165, 1.54) is 45.7 Å². The van der Waals surface area contributed by atoms with Gasteiger partial charge in [-0.25, -0.2) is 0 Å². The lowest BCUT2D eigenvalue weighted by Gasteiger charge is -2.34. The minimum Gasteiger partial charge on any atom is -0.328 e. The van der Waals surface area contributed by atoms with Crippen LogP contribution in [0.4, 0.5) is 0 Å². The maximum atomic E-state index is 5.93. The second-order valence-corrected chi connectivity index (χ2v) is 4.64. The van der Waals surface area contributed by atoms with Crippen LogP contribution in [0.2, 0.25) is 0 Å². The molecule has 0 spiro atoms. The molecule has 0 bridgehead atoms. The molecular weight excluding hydrogens is 186 g/mol. The molecule has 0 aromatic rings. The van der Waals surface area contributed by atoms with Crippen LogP contribution in [0, 0.1) is 0 Å². The van der Waals surface area contributed by atoms with Crippen molar-refractivity contribution in [3.63, 3.8) is 0 Å². The van der Waals surface area contributed by atoms with Gasteiger partial charge >= 0.3 is 0 Å². The molecule has 0 radical (unpaired) electrons. The highest BCUT2D eigenvalue weighted by molar-refractivity contribution is 4.73. The summed E-state index contributed by atoms with van der Waals surface area (Å²) in [6.07, 6.45) is 3.54. The molecule has 1 aliphatic rings. The predicted molar refractivity (Wildman–Crippen MR) is 66.1 cm³/mol. The zero-order valence-corrected chi connectivity index (χ0v) is 10.4. The molecule has 3 heteroatoms. The van der Waals surface area contributed by atoms with E-state index < -0.39 is 0 Å². The standard InChI is InChI=1S/C12H27N3/c1-3-6-14-8-10-15(11-9-14)7-5-12(13)4-2/h12H,3-11,13H2,1-2H3. The Morgan fingerprint density at radius 3 is 2.00 bits per heavy atom. The normalized spacial score (nSPS) is 21.8. The number of hydrogen-bond donors (Lipinski definition) is 1. The number of hydrogen-bond acceptors (Lipinski definition) is 3. The summed E-state index contributed by atoms with van der Waals surface area (Å²) in [5.74, 6) is 0. The fraction of sp³-hybridized carbons (Fsp3) is 1.00. The summed E-state index contributed by atoms with van der Waals surface area (Å²) in [6, 6.07) is 0.402. The van der Waals surface area contributed by atoms with Crippen molar-refractivity contribution in [3.05, 3.63) is 0 Å². The predicted octanol–water partition coefficient (Wildman–Crippen LogP) is 1.14. The highest BCUT2D eigenvalue weighted by Gasteiger charge is 2.15. The van der Waals surface area contributed by atoms with E-state index in [4.69, 9.17) is 5.73 Å². The molecule has 15 heavy (non-hydrogen) atoms. The first kappa shape index (κ1) is 12.9. The first-order chi connectivity index (χ1) is 7.26. The first-order valence-electron chi connectivity index (χ1n) is 6.46. The highest BCUT2D eigenvalue weighted by Crippen LogP contribution is 2.04. The van der Waals surface area contributed by atoms with Gasteiger partial charge in [0.15, 0.2) is 0 Å². The molecule has 0 saturated carbocycles. The number of nitrogens with two attached hydrogens (primary N) is 1. The van der Waals surface area contributed by atoms with Crippen LogP contribution in [-0.4, -0.2) is 55.1 Å². The zero-order chi connectivity index (χ0) is 11.1. The molecular formula is C12H27N3. The molecule has 90 valence electrons. The molecule has 0 aromatic heterocycles. The Balaban J connectivity index is 2.09. The highest BCUT2D eigenvalue weighted by atomic mass is 15.3. The van der Waals surface area contributed by atoms with Gasteiger partial charge < -0.3 is 15.5 Å². The van der Waals surface area contributed by atoms with Gasteiger partial charge in [-0.15, -0.1) is 0 Å². The minimum atomic E-state index is 0.402. The average molecular weight is 213 g/mol. The SMILES string of the molecule is CCCN1CCN(CCC(N)CC)CC1. The second-order valence-electron chi connectivity index (χ2n) is 4.64. The molecule has 0 amide bonds. The fourth-order valence-electron chi connectivity index (χ4n) is 2.11. The van der Waals surface area contributed by atoms with Gasteiger partial charge in [-0.2, -0.15) is 0 Å². The summed E-state index contributed by atoms with van der Waals surface area (Å²) in [4.78, 5) is 5.12. The summed E-state index contributed by atoms with van der Waals surface area (Å²) in [5, 5.41) is 0. The molecule has 1 heterocycles. The zero-order valence-electron chi connectivity index (χ0n) is 10.4. The van der Waals surface area contributed by atoms with Crippen molar-refractivity contribution in [3.8, 4) is 0 Å². The molecule has 1 saturated heterocycles. The van der Waals surface area contributed by atoms with Crippen LogP contribution in [0.15, 0.2) is 0 Å². The molecule has 3 nitrogen and oxygen atoms in total. The van der Waals surface area contributed by atoms with E-state index in [2.05, 4.69) is 23.6 Å². The van der Waals surface area contributed by atoms with Crippen molar-refractivity contribution in [2.45, 2.75) is 39.2 Å². The van der Waals surface area contributed by atoms with Crippen molar-refractivity contribution in [1.82, 2.24) is 9.80 Å². The van der Waals surface area contributed by atoms with Crippen LogP contribution < -0.4 is 5.73 Å². The quantitative estimate of drug-likeness (QED) is 0.718. The van der Waals surface area contributed by atoms with Crippen LogP contribution >= 0.6 is 0 Å². The molecule has 1 fully saturated rings. The van der Waals surface area contributed by atoms with Crippen molar-refractivity contribution < 1.29 is 0 Å². The Morgan fingerprint density at radius 1 is 1.00 bits per heavy atom. The lowest BCUT2D eigenvalue weighted by molar-refractivity contribution is 0.129. The average Bonchev–Trinajstić information content (AvgIpc) is 2.28. The molecule has 1 atom stereocenters. The third kappa shape index (κ3) is 4.96. The monoisotopic (exact) mass is 213 g/mol. The van der Waals surface area contributed by atoms with Gasteiger partial charge in [0.05, 0.1) is 0 Å². The Labute approximate surface area is 94.6 Å². The number of piperazine rings is 1. The van der Waals surface area contributed by atoms with E-state index in [1.807, 2.05) is 0 Å². The van der Waals surface area contributed by atoms with E-state index in [0.717, 1.165) is 12.8 Å². The van der Waals surface area contributed by atoms with Crippen molar-refractivity contribution in [1.29, 1.82) is 0 Å². The van der Waals surface area contributed by atoms with E-state index in [0.29, 0.717) is 6.04 Å². The lowest BCUT2D eigenvalue weighted by Crippen LogP contribution is -2.47. The second kappa shape index (κ2) is 7.20. The Hall–Kier alpha value is -0.120. The van der Waals surface area contributed by atoms with Crippen LogP contribution in [0.5, 0.6) is 0 Å². The number of nitrogens with zero attached hydrogens (tertiary/aromatic N) is 2. The van der Waals surface area contributed by atoms with Gasteiger partial charge in [0.25, 0.3) is 0 Å². The van der Waals surface area contributed by atoms with E-state index in [1.54, 1.807) is 0 Å². The third-order valence-corrected chi connectivity index (χ3v) is 3.35. The van der Waals surface area contributed by atoms with Crippen molar-refractivity contribution in [2.24, 2.45) is 5.73 Å². The Kier molecular flexibility index (Phi) is 6.22. The Morgan fingerprint density at radius 2 is 1.53 bits per heavy atom. The lowest BCUT2D eigenvalue weighted by atomic mass is 10.1. The minimum absolute atomic E-state index is 0.402. The summed E-state index contributed by atoms with van der Waals surface area (Å²) in [6.45, 7) is 11.8. The molecule has 1 aliphatic heterocycles. The van der Waals surface area contributed by atoms with Crippen molar-refractivity contribution >= 4 is 0 Å². The van der Waals surface area contributed by atoms with Gasteiger partial charge in [0.1, 0.15) is 0 Å². The van der Waals surface area contributed by atoms with Crippen LogP contribution in [-0.2, 0) is 0 Å². The van der Waals surface area contributed by atoms with E-state index >= 15 is 0 Å². The molecule has 2 N–H and O–H groups in total. The van der Waals surface area contributed by atoms with Crippen molar-refractivity contribution in [2.75, 3.05) is 39.3 Å². The van der Waals surface area contributed by atoms with Gasteiger partial charge in [0.2, 0.25) is 0 Å². The third-order valence-electron chi connectivity index (χ3n) is 3.35. The van der Waals surface area contributed by atoms with Crippen LogP contribution in [0.3, 0.4) is 0 Å². The molecule has 1 rings (SSSR count). The first-order valence-corrected chi connectivity index (χ1v) is 6.46. The maximum absolute atomic E-state index is 5.93. The molecule has 1 unspecified atom stereocenters.